The quantitative estimate of drug-likeness (QED) is 0.609. The third-order valence-corrected chi connectivity index (χ3v) is 2.07. The Morgan fingerprint density at radius 2 is 2.11 bits per heavy atom. The van der Waals surface area contributed by atoms with Crippen molar-refractivity contribution in [3.8, 4) is 0 Å². The molecule has 0 saturated heterocycles. The average Bonchev–Trinajstić information content (AvgIpc) is 2.71. The lowest BCUT2D eigenvalue weighted by Gasteiger charge is -2.04. The molecule has 0 aliphatic carbocycles. The van der Waals surface area contributed by atoms with E-state index in [9.17, 15) is 9.59 Å². The summed E-state index contributed by atoms with van der Waals surface area (Å²) in [5.74, 6) is 0.0284. The van der Waals surface area contributed by atoms with E-state index in [0.29, 0.717) is 31.1 Å². The Bertz CT molecular complexity index is 404. The van der Waals surface area contributed by atoms with Gasteiger partial charge in [-0.05, 0) is 19.8 Å². The van der Waals surface area contributed by atoms with E-state index in [1.54, 1.807) is 6.92 Å². The molecule has 1 rings (SSSR count). The Morgan fingerprint density at radius 1 is 1.33 bits per heavy atom. The van der Waals surface area contributed by atoms with E-state index in [2.05, 4.69) is 20.8 Å². The van der Waals surface area contributed by atoms with E-state index in [1.165, 1.54) is 0 Å². The number of unbranched alkanes of at least 4 members (excludes halogenated alkanes) is 1. The van der Waals surface area contributed by atoms with Crippen LogP contribution in [0.3, 0.4) is 0 Å². The van der Waals surface area contributed by atoms with Crippen molar-refractivity contribution >= 4 is 12.0 Å². The number of amides is 2. The smallest absolute Gasteiger partial charge is 0.315 e. The Kier molecular flexibility index (Phi) is 5.62. The van der Waals surface area contributed by atoms with Gasteiger partial charge in [0, 0.05) is 13.0 Å². The Balaban J connectivity index is 2.05. The number of hydrogen-bond acceptors (Lipinski definition) is 5. The molecule has 0 atom stereocenters. The second-order valence-electron chi connectivity index (χ2n) is 3.70. The summed E-state index contributed by atoms with van der Waals surface area (Å²) in [6.07, 6.45) is 1.28. The normalized spacial score (nSPS) is 10.1. The van der Waals surface area contributed by atoms with Gasteiger partial charge in [0.25, 0.3) is 0 Å². The Morgan fingerprint density at radius 3 is 2.72 bits per heavy atom. The fourth-order valence-electron chi connectivity index (χ4n) is 1.23. The molecule has 3 N–H and O–H groups in total. The second-order valence-corrected chi connectivity index (χ2v) is 3.70. The molecule has 8 heteroatoms. The van der Waals surface area contributed by atoms with Gasteiger partial charge in [0.1, 0.15) is 0 Å². The van der Waals surface area contributed by atoms with E-state index in [-0.39, 0.29) is 19.0 Å². The van der Waals surface area contributed by atoms with Crippen LogP contribution in [0.25, 0.3) is 0 Å². The minimum Gasteiger partial charge on any atom is -0.481 e. The number of carboxylic acid groups (broad SMARTS) is 1. The molecular weight excluding hydrogens is 240 g/mol. The van der Waals surface area contributed by atoms with Gasteiger partial charge in [-0.25, -0.2) is 4.79 Å². The van der Waals surface area contributed by atoms with Crippen LogP contribution < -0.4 is 10.6 Å². The van der Waals surface area contributed by atoms with Crippen molar-refractivity contribution < 1.29 is 19.2 Å². The number of aliphatic carboxylic acids is 1. The number of nitrogens with zero attached hydrogens (tertiary/aromatic N) is 2. The summed E-state index contributed by atoms with van der Waals surface area (Å²) in [6.45, 7) is 2.29. The number of rotatable bonds is 7. The number of aryl methyl sites for hydroxylation is 1. The van der Waals surface area contributed by atoms with E-state index in [1.807, 2.05) is 0 Å². The van der Waals surface area contributed by atoms with Crippen molar-refractivity contribution in [2.45, 2.75) is 32.7 Å². The number of urea groups is 1. The van der Waals surface area contributed by atoms with Crippen molar-refractivity contribution in [3.63, 3.8) is 0 Å². The van der Waals surface area contributed by atoms with Crippen molar-refractivity contribution in [1.82, 2.24) is 20.8 Å². The maximum absolute atomic E-state index is 11.3. The lowest BCUT2D eigenvalue weighted by molar-refractivity contribution is -0.137. The number of nitrogens with one attached hydrogen (secondary N) is 2. The topological polar surface area (TPSA) is 117 Å². The molecule has 0 spiro atoms. The predicted octanol–water partition coefficient (Wildman–Crippen LogP) is 0.432. The monoisotopic (exact) mass is 256 g/mol. The van der Waals surface area contributed by atoms with Crippen LogP contribution in [0.15, 0.2) is 4.52 Å². The first kappa shape index (κ1) is 13.9. The summed E-state index contributed by atoms with van der Waals surface area (Å²) in [5.41, 5.74) is 0. The zero-order chi connectivity index (χ0) is 13.4. The van der Waals surface area contributed by atoms with Crippen LogP contribution >= 0.6 is 0 Å². The molecule has 1 aromatic heterocycles. The highest BCUT2D eigenvalue weighted by molar-refractivity contribution is 5.73. The molecule has 0 unspecified atom stereocenters. The molecular formula is C10H16N4O4. The third kappa shape index (κ3) is 5.83. The van der Waals surface area contributed by atoms with Gasteiger partial charge in [-0.15, -0.1) is 0 Å². The van der Waals surface area contributed by atoms with Crippen LogP contribution in [0.2, 0.25) is 0 Å². The van der Waals surface area contributed by atoms with Crippen LogP contribution in [-0.2, 0) is 11.3 Å². The molecule has 100 valence electrons. The molecule has 0 aliphatic heterocycles. The van der Waals surface area contributed by atoms with Gasteiger partial charge in [0.15, 0.2) is 5.82 Å². The molecule has 18 heavy (non-hydrogen) atoms. The van der Waals surface area contributed by atoms with Crippen molar-refractivity contribution in [2.24, 2.45) is 0 Å². The predicted molar refractivity (Wildman–Crippen MR) is 60.8 cm³/mol. The molecule has 0 bridgehead atoms. The summed E-state index contributed by atoms with van der Waals surface area (Å²) in [7, 11) is 0. The fourth-order valence-corrected chi connectivity index (χ4v) is 1.23. The zero-order valence-electron chi connectivity index (χ0n) is 10.1. The summed E-state index contributed by atoms with van der Waals surface area (Å²) in [5, 5.41) is 17.1. The van der Waals surface area contributed by atoms with Gasteiger partial charge in [-0.2, -0.15) is 4.98 Å². The standard InChI is InChI=1S/C10H16N4O4/c1-7-13-8(18-14-7)6-12-10(17)11-5-3-2-4-9(15)16/h2-6H2,1H3,(H,15,16)(H2,11,12,17). The maximum Gasteiger partial charge on any atom is 0.315 e. The number of aromatic nitrogens is 2. The first-order valence-electron chi connectivity index (χ1n) is 5.60. The highest BCUT2D eigenvalue weighted by Gasteiger charge is 2.05. The van der Waals surface area contributed by atoms with E-state index in [4.69, 9.17) is 9.63 Å². The molecule has 1 heterocycles. The molecule has 8 nitrogen and oxygen atoms in total. The minimum absolute atomic E-state index is 0.116. The summed E-state index contributed by atoms with van der Waals surface area (Å²) in [6, 6.07) is -0.346. The van der Waals surface area contributed by atoms with Gasteiger partial charge in [0.2, 0.25) is 5.89 Å². The molecule has 0 aromatic carbocycles. The van der Waals surface area contributed by atoms with E-state index < -0.39 is 5.97 Å². The average molecular weight is 256 g/mol. The van der Waals surface area contributed by atoms with Crippen LogP contribution in [0.5, 0.6) is 0 Å². The van der Waals surface area contributed by atoms with Crippen LogP contribution in [0, 0.1) is 6.92 Å². The zero-order valence-corrected chi connectivity index (χ0v) is 10.1. The minimum atomic E-state index is -0.828. The van der Waals surface area contributed by atoms with Gasteiger partial charge in [-0.1, -0.05) is 5.16 Å². The first-order valence-corrected chi connectivity index (χ1v) is 5.60. The van der Waals surface area contributed by atoms with E-state index >= 15 is 0 Å². The number of carboxylic acids is 1. The molecule has 0 radical (unpaired) electrons. The lowest BCUT2D eigenvalue weighted by atomic mass is 10.2. The number of hydrogen-bond donors (Lipinski definition) is 3. The van der Waals surface area contributed by atoms with Gasteiger partial charge < -0.3 is 20.3 Å². The summed E-state index contributed by atoms with van der Waals surface area (Å²) in [4.78, 5) is 25.5. The van der Waals surface area contributed by atoms with Crippen LogP contribution in [-0.4, -0.2) is 33.8 Å². The SMILES string of the molecule is Cc1noc(CNC(=O)NCCCCC(=O)O)n1. The maximum atomic E-state index is 11.3. The van der Waals surface area contributed by atoms with Crippen molar-refractivity contribution in [3.05, 3.63) is 11.7 Å². The molecule has 1 aromatic rings. The van der Waals surface area contributed by atoms with Gasteiger partial charge >= 0.3 is 12.0 Å². The lowest BCUT2D eigenvalue weighted by Crippen LogP contribution is -2.35. The van der Waals surface area contributed by atoms with Crippen molar-refractivity contribution in [2.75, 3.05) is 6.54 Å². The number of carbonyl (C=O) groups is 2. The Labute approximate surface area is 104 Å². The highest BCUT2D eigenvalue weighted by Crippen LogP contribution is 1.95. The van der Waals surface area contributed by atoms with Gasteiger partial charge in [-0.3, -0.25) is 4.79 Å². The van der Waals surface area contributed by atoms with Crippen LogP contribution in [0.1, 0.15) is 31.0 Å². The van der Waals surface area contributed by atoms with Gasteiger partial charge in [0.05, 0.1) is 6.54 Å². The number of carbonyl (C=O) groups excluding carboxylic acids is 1. The summed E-state index contributed by atoms with van der Waals surface area (Å²) < 4.78 is 4.82. The van der Waals surface area contributed by atoms with Crippen molar-refractivity contribution in [1.29, 1.82) is 0 Å². The molecule has 0 fully saturated rings. The Hall–Kier alpha value is -2.12. The first-order chi connectivity index (χ1) is 8.58. The van der Waals surface area contributed by atoms with E-state index in [0.717, 1.165) is 0 Å². The second kappa shape index (κ2) is 7.25. The third-order valence-electron chi connectivity index (χ3n) is 2.07. The van der Waals surface area contributed by atoms with Crippen LogP contribution in [0.4, 0.5) is 4.79 Å². The molecule has 2 amide bonds. The molecule has 0 aliphatic rings. The fraction of sp³-hybridized carbons (Fsp3) is 0.600. The highest BCUT2D eigenvalue weighted by atomic mass is 16.5. The summed E-state index contributed by atoms with van der Waals surface area (Å²) >= 11 is 0. The molecule has 0 saturated carbocycles. The largest absolute Gasteiger partial charge is 0.481 e.